The van der Waals surface area contributed by atoms with Crippen LogP contribution in [0.2, 0.25) is 0 Å². The van der Waals surface area contributed by atoms with Gasteiger partial charge in [0.25, 0.3) is 0 Å². The number of hydrogen-bond acceptors (Lipinski definition) is 0. The number of alkyl halides is 8. The van der Waals surface area contributed by atoms with Gasteiger partial charge in [-0.2, -0.15) is 0 Å². The second-order valence-electron chi connectivity index (χ2n) is 12.6. The fourth-order valence-electron chi connectivity index (χ4n) is 4.96. The van der Waals surface area contributed by atoms with Gasteiger partial charge in [-0.1, -0.05) is 0 Å². The van der Waals surface area contributed by atoms with Gasteiger partial charge in [-0.05, 0) is 0 Å². The quantitative estimate of drug-likeness (QED) is 0.0963. The van der Waals surface area contributed by atoms with E-state index in [1.807, 2.05) is 0 Å². The third-order valence-corrected chi connectivity index (χ3v) is 19.9. The number of benzene rings is 3. The van der Waals surface area contributed by atoms with Gasteiger partial charge < -0.3 is 0 Å². The first-order chi connectivity index (χ1) is 20.7. The summed E-state index contributed by atoms with van der Waals surface area (Å²) in [5.74, 6) is 0. The predicted octanol–water partition coefficient (Wildman–Crippen LogP) is 11.1. The third kappa shape index (κ3) is 10.4. The van der Waals surface area contributed by atoms with Crippen molar-refractivity contribution in [3.8, 4) is 0 Å². The molecular formula is C34H38I8Se2. The van der Waals surface area contributed by atoms with Crippen LogP contribution >= 0.6 is 181 Å². The van der Waals surface area contributed by atoms with Crippen molar-refractivity contribution < 1.29 is 0 Å². The van der Waals surface area contributed by atoms with E-state index < -0.39 is 0 Å². The van der Waals surface area contributed by atoms with Gasteiger partial charge in [0.1, 0.15) is 0 Å². The molecule has 10 heteroatoms. The van der Waals surface area contributed by atoms with Crippen molar-refractivity contribution in [3.63, 3.8) is 0 Å². The van der Waals surface area contributed by atoms with Gasteiger partial charge in [-0.15, -0.1) is 0 Å². The molecule has 0 radical (unpaired) electrons. The Morgan fingerprint density at radius 3 is 0.773 bits per heavy atom. The molecule has 0 unspecified atom stereocenters. The van der Waals surface area contributed by atoms with Crippen LogP contribution in [-0.4, -0.2) is 29.9 Å². The van der Waals surface area contributed by atoms with Crippen molar-refractivity contribution in [2.75, 3.05) is 0 Å². The SMILES string of the molecule is CC(C)(C)c1cc(CI)c([Se]c2c(CI)c(CI)c([Se]c3c(CI)cc(C(C)(C)C)cc3CI)c(CI)c2CI)c(CI)c1. The maximum absolute atomic E-state index is 2.67. The summed E-state index contributed by atoms with van der Waals surface area (Å²) in [6.45, 7) is 14.1. The van der Waals surface area contributed by atoms with Gasteiger partial charge in [-0.25, -0.2) is 0 Å². The van der Waals surface area contributed by atoms with Crippen LogP contribution in [0.1, 0.15) is 97.2 Å². The molecule has 0 aliphatic heterocycles. The van der Waals surface area contributed by atoms with Gasteiger partial charge in [0, 0.05) is 0 Å². The first-order valence-corrected chi connectivity index (χ1v) is 29.7. The summed E-state index contributed by atoms with van der Waals surface area (Å²) >= 11 is 21.7. The van der Waals surface area contributed by atoms with Crippen molar-refractivity contribution in [1.29, 1.82) is 0 Å². The molecule has 242 valence electrons. The summed E-state index contributed by atoms with van der Waals surface area (Å²) in [4.78, 5) is 0. The first-order valence-electron chi connectivity index (χ1n) is 14.1. The molecule has 0 atom stereocenters. The molecule has 0 N–H and O–H groups in total. The van der Waals surface area contributed by atoms with Crippen molar-refractivity contribution in [3.05, 3.63) is 79.9 Å². The summed E-state index contributed by atoms with van der Waals surface area (Å²) in [6.07, 6.45) is 0. The second-order valence-corrected chi connectivity index (χ2v) is 23.0. The molecule has 0 aliphatic rings. The van der Waals surface area contributed by atoms with E-state index in [2.05, 4.69) is 247 Å². The minimum absolute atomic E-state index is 0.165. The Balaban J connectivity index is 2.34. The zero-order valence-electron chi connectivity index (χ0n) is 25.8. The summed E-state index contributed by atoms with van der Waals surface area (Å²) in [7, 11) is 0. The van der Waals surface area contributed by atoms with E-state index in [0.29, 0.717) is 0 Å². The summed E-state index contributed by atoms with van der Waals surface area (Å²) in [6, 6.07) is 10.1. The van der Waals surface area contributed by atoms with Crippen molar-refractivity contribution in [1.82, 2.24) is 0 Å². The molecule has 44 heavy (non-hydrogen) atoms. The number of rotatable bonds is 12. The molecule has 0 amide bonds. The van der Waals surface area contributed by atoms with Crippen LogP contribution in [0.25, 0.3) is 0 Å². The molecule has 3 aromatic carbocycles. The van der Waals surface area contributed by atoms with Gasteiger partial charge in [-0.3, -0.25) is 0 Å². The Labute approximate surface area is 388 Å². The van der Waals surface area contributed by atoms with E-state index in [4.69, 9.17) is 0 Å². The molecule has 0 heterocycles. The van der Waals surface area contributed by atoms with Crippen LogP contribution in [0.15, 0.2) is 24.3 Å². The van der Waals surface area contributed by atoms with E-state index in [9.17, 15) is 0 Å². The predicted molar refractivity (Wildman–Crippen MR) is 269 cm³/mol. The summed E-state index contributed by atoms with van der Waals surface area (Å²) in [5, 5.41) is 0. The van der Waals surface area contributed by atoms with Crippen LogP contribution in [0.3, 0.4) is 0 Å². The molecule has 0 bridgehead atoms. The molecule has 0 fully saturated rings. The summed E-state index contributed by atoms with van der Waals surface area (Å²) in [5.41, 5.74) is 16.1. The van der Waals surface area contributed by atoms with Crippen molar-refractivity contribution in [2.45, 2.75) is 87.8 Å². The fraction of sp³-hybridized carbons (Fsp3) is 0.471. The molecular weight excluding hydrogens is 1580 g/mol. The zero-order chi connectivity index (χ0) is 33.0. The van der Waals surface area contributed by atoms with Crippen LogP contribution in [0.5, 0.6) is 0 Å². The van der Waals surface area contributed by atoms with Gasteiger partial charge in [0.05, 0.1) is 0 Å². The van der Waals surface area contributed by atoms with E-state index in [0.717, 1.165) is 35.4 Å². The van der Waals surface area contributed by atoms with Crippen LogP contribution < -0.4 is 17.8 Å². The minimum atomic E-state index is 0.165. The second kappa shape index (κ2) is 19.6. The van der Waals surface area contributed by atoms with E-state index in [1.165, 1.54) is 11.1 Å². The fourth-order valence-corrected chi connectivity index (χ4v) is 21.1. The molecule has 0 nitrogen and oxygen atoms in total. The standard InChI is InChI=1S/C34H38I8Se2/c1-33(2,3)23-7-19(11-35)29(20(8-23)12-36)43-31-25(15-39)27(17-41)32(28(18-42)26(31)16-40)44-30-21(13-37)9-24(34(4,5)6)10-22(30)14-38/h7-10H,11-18H2,1-6H3. The van der Waals surface area contributed by atoms with Crippen molar-refractivity contribution in [2.24, 2.45) is 0 Å². The van der Waals surface area contributed by atoms with E-state index in [-0.39, 0.29) is 40.7 Å². The van der Waals surface area contributed by atoms with Crippen LogP contribution in [0, 0.1) is 0 Å². The Morgan fingerprint density at radius 1 is 0.386 bits per heavy atom. The molecule has 3 aromatic rings. The zero-order valence-corrected chi connectivity index (χ0v) is 46.5. The number of halogens is 8. The molecule has 0 saturated carbocycles. The van der Waals surface area contributed by atoms with Crippen LogP contribution in [0.4, 0.5) is 0 Å². The average molecular weight is 1620 g/mol. The number of hydrogen-bond donors (Lipinski definition) is 0. The van der Waals surface area contributed by atoms with E-state index in [1.54, 1.807) is 62.4 Å². The molecule has 0 saturated heterocycles. The average Bonchev–Trinajstić information content (AvgIpc) is 2.99. The molecule has 0 spiro atoms. The Bertz CT molecular complexity index is 1280. The van der Waals surface area contributed by atoms with E-state index >= 15 is 0 Å². The summed E-state index contributed by atoms with van der Waals surface area (Å²) < 4.78 is 15.3. The Morgan fingerprint density at radius 2 is 0.614 bits per heavy atom. The Hall–Kier alpha value is 4.54. The third-order valence-electron chi connectivity index (χ3n) is 7.56. The first kappa shape index (κ1) is 42.9. The monoisotopic (exact) mass is 1620 g/mol. The van der Waals surface area contributed by atoms with Gasteiger partial charge in [0.2, 0.25) is 0 Å². The maximum atomic E-state index is 2.67. The van der Waals surface area contributed by atoms with Gasteiger partial charge >= 0.3 is 396 Å². The molecule has 3 rings (SSSR count). The van der Waals surface area contributed by atoms with Crippen LogP contribution in [-0.2, 0) is 46.3 Å². The normalized spacial score (nSPS) is 12.3. The topological polar surface area (TPSA) is 0 Å². The molecule has 0 aromatic heterocycles. The van der Waals surface area contributed by atoms with Crippen molar-refractivity contribution >= 4 is 228 Å². The van der Waals surface area contributed by atoms with Gasteiger partial charge in [0.15, 0.2) is 0 Å². The Kier molecular flexibility index (Phi) is 19.1. The molecule has 0 aliphatic carbocycles.